The zero-order valence-electron chi connectivity index (χ0n) is 9.92. The van der Waals surface area contributed by atoms with E-state index in [0.29, 0.717) is 0 Å². The zero-order chi connectivity index (χ0) is 12.6. The number of carbonyl (C=O) groups excluding carboxylic acids is 2. The van der Waals surface area contributed by atoms with E-state index in [1.54, 1.807) is 20.8 Å². The average molecular weight is 226 g/mol. The molecule has 0 atom stereocenters. The van der Waals surface area contributed by atoms with Crippen LogP contribution in [0.5, 0.6) is 0 Å². The lowest BCUT2D eigenvalue weighted by Gasteiger charge is -2.19. The summed E-state index contributed by atoms with van der Waals surface area (Å²) < 4.78 is 4.99. The van der Waals surface area contributed by atoms with Gasteiger partial charge in [-0.1, -0.05) is 5.92 Å². The van der Waals surface area contributed by atoms with Crippen molar-refractivity contribution in [1.82, 2.24) is 10.6 Å². The monoisotopic (exact) mass is 226 g/mol. The summed E-state index contributed by atoms with van der Waals surface area (Å²) in [5.74, 6) is 2.08. The van der Waals surface area contributed by atoms with Crippen molar-refractivity contribution in [3.8, 4) is 12.3 Å². The van der Waals surface area contributed by atoms with Crippen LogP contribution in [0.4, 0.5) is 4.79 Å². The van der Waals surface area contributed by atoms with Crippen LogP contribution in [-0.2, 0) is 9.53 Å². The molecule has 5 nitrogen and oxygen atoms in total. The molecule has 0 rings (SSSR count). The van der Waals surface area contributed by atoms with Crippen molar-refractivity contribution < 1.29 is 14.3 Å². The van der Waals surface area contributed by atoms with Gasteiger partial charge in [-0.3, -0.25) is 4.79 Å². The molecule has 0 radical (unpaired) electrons. The van der Waals surface area contributed by atoms with Crippen molar-refractivity contribution in [3.05, 3.63) is 0 Å². The van der Waals surface area contributed by atoms with Gasteiger partial charge < -0.3 is 15.4 Å². The van der Waals surface area contributed by atoms with Crippen molar-refractivity contribution in [2.45, 2.75) is 32.8 Å². The molecule has 0 saturated carbocycles. The molecule has 0 aromatic carbocycles. The molecule has 0 fully saturated rings. The lowest BCUT2D eigenvalue weighted by atomic mass is 10.2. The van der Waals surface area contributed by atoms with Gasteiger partial charge >= 0.3 is 6.09 Å². The van der Waals surface area contributed by atoms with Gasteiger partial charge in [0.1, 0.15) is 5.60 Å². The molecule has 0 aliphatic rings. The molecule has 0 bridgehead atoms. The maximum absolute atomic E-state index is 11.2. The fraction of sp³-hybridized carbons (Fsp3) is 0.636. The Bertz CT molecular complexity index is 287. The lowest BCUT2D eigenvalue weighted by Crippen LogP contribution is -2.35. The van der Waals surface area contributed by atoms with E-state index in [2.05, 4.69) is 16.6 Å². The van der Waals surface area contributed by atoms with E-state index < -0.39 is 11.7 Å². The van der Waals surface area contributed by atoms with E-state index in [1.807, 2.05) is 0 Å². The van der Waals surface area contributed by atoms with Crippen LogP contribution in [0, 0.1) is 12.3 Å². The minimum absolute atomic E-state index is 0.181. The molecule has 5 heteroatoms. The third-order valence-electron chi connectivity index (χ3n) is 1.41. The first kappa shape index (κ1) is 14.3. The van der Waals surface area contributed by atoms with Gasteiger partial charge in [0.15, 0.2) is 0 Å². The number of ether oxygens (including phenoxy) is 1. The Balaban J connectivity index is 3.63. The van der Waals surface area contributed by atoms with Gasteiger partial charge in [0.2, 0.25) is 5.91 Å². The summed E-state index contributed by atoms with van der Waals surface area (Å²) in [6, 6.07) is 0. The van der Waals surface area contributed by atoms with Crippen molar-refractivity contribution in [2.75, 3.05) is 13.1 Å². The van der Waals surface area contributed by atoms with Crippen molar-refractivity contribution in [2.24, 2.45) is 0 Å². The molecular formula is C11H18N2O3. The SMILES string of the molecule is C#CCNC(=O)CCNC(=O)OC(C)(C)C. The van der Waals surface area contributed by atoms with Crippen LogP contribution in [0.1, 0.15) is 27.2 Å². The summed E-state index contributed by atoms with van der Waals surface area (Å²) in [7, 11) is 0. The molecule has 0 saturated heterocycles. The molecule has 0 spiro atoms. The van der Waals surface area contributed by atoms with Gasteiger partial charge in [0.25, 0.3) is 0 Å². The Morgan fingerprint density at radius 2 is 1.94 bits per heavy atom. The molecule has 0 aliphatic carbocycles. The third-order valence-corrected chi connectivity index (χ3v) is 1.41. The Labute approximate surface area is 95.9 Å². The predicted octanol–water partition coefficient (Wildman–Crippen LogP) is 0.651. The minimum Gasteiger partial charge on any atom is -0.444 e. The number of amides is 2. The Hall–Kier alpha value is -1.70. The largest absolute Gasteiger partial charge is 0.444 e. The highest BCUT2D eigenvalue weighted by Gasteiger charge is 2.15. The normalized spacial score (nSPS) is 10.1. The fourth-order valence-corrected chi connectivity index (χ4v) is 0.830. The first-order valence-corrected chi connectivity index (χ1v) is 5.02. The number of alkyl carbamates (subject to hydrolysis) is 1. The van der Waals surface area contributed by atoms with Crippen molar-refractivity contribution in [1.29, 1.82) is 0 Å². The Morgan fingerprint density at radius 3 is 2.44 bits per heavy atom. The molecule has 0 unspecified atom stereocenters. The summed E-state index contributed by atoms with van der Waals surface area (Å²) in [4.78, 5) is 22.2. The first-order valence-electron chi connectivity index (χ1n) is 5.02. The predicted molar refractivity (Wildman–Crippen MR) is 60.7 cm³/mol. The van der Waals surface area contributed by atoms with E-state index in [-0.39, 0.29) is 25.4 Å². The van der Waals surface area contributed by atoms with Crippen LogP contribution < -0.4 is 10.6 Å². The highest BCUT2D eigenvalue weighted by atomic mass is 16.6. The second-order valence-electron chi connectivity index (χ2n) is 4.16. The van der Waals surface area contributed by atoms with Crippen LogP contribution >= 0.6 is 0 Å². The average Bonchev–Trinajstić information content (AvgIpc) is 2.11. The van der Waals surface area contributed by atoms with Crippen LogP contribution in [0.25, 0.3) is 0 Å². The maximum atomic E-state index is 11.2. The minimum atomic E-state index is -0.532. The lowest BCUT2D eigenvalue weighted by molar-refractivity contribution is -0.120. The highest BCUT2D eigenvalue weighted by molar-refractivity contribution is 5.77. The number of hydrogen-bond acceptors (Lipinski definition) is 3. The molecule has 16 heavy (non-hydrogen) atoms. The molecule has 0 aromatic heterocycles. The smallest absolute Gasteiger partial charge is 0.407 e. The van der Waals surface area contributed by atoms with Gasteiger partial charge in [-0.15, -0.1) is 6.42 Å². The number of hydrogen-bond donors (Lipinski definition) is 2. The van der Waals surface area contributed by atoms with E-state index in [0.717, 1.165) is 0 Å². The summed E-state index contributed by atoms with van der Waals surface area (Å²) >= 11 is 0. The van der Waals surface area contributed by atoms with Crippen molar-refractivity contribution >= 4 is 12.0 Å². The van der Waals surface area contributed by atoms with Gasteiger partial charge in [-0.05, 0) is 20.8 Å². The van der Waals surface area contributed by atoms with E-state index >= 15 is 0 Å². The molecule has 2 amide bonds. The summed E-state index contributed by atoms with van der Waals surface area (Å²) in [5.41, 5.74) is -0.532. The van der Waals surface area contributed by atoms with E-state index in [1.165, 1.54) is 0 Å². The van der Waals surface area contributed by atoms with Crippen LogP contribution in [0.15, 0.2) is 0 Å². The van der Waals surface area contributed by atoms with E-state index in [4.69, 9.17) is 11.2 Å². The number of carbonyl (C=O) groups is 2. The number of nitrogens with one attached hydrogen (secondary N) is 2. The number of rotatable bonds is 4. The van der Waals surface area contributed by atoms with Crippen molar-refractivity contribution in [3.63, 3.8) is 0 Å². The molecule has 0 aromatic rings. The molecular weight excluding hydrogens is 208 g/mol. The van der Waals surface area contributed by atoms with Crippen LogP contribution in [0.2, 0.25) is 0 Å². The standard InChI is InChI=1S/C11H18N2O3/c1-5-7-12-9(14)6-8-13-10(15)16-11(2,3)4/h1H,6-8H2,2-4H3,(H,12,14)(H,13,15). The molecule has 0 heterocycles. The summed E-state index contributed by atoms with van der Waals surface area (Å²) in [6.07, 6.45) is 4.62. The van der Waals surface area contributed by atoms with Gasteiger partial charge in [-0.25, -0.2) is 4.79 Å². The summed E-state index contributed by atoms with van der Waals surface area (Å²) in [5, 5.41) is 4.96. The Kier molecular flexibility index (Phi) is 6.01. The first-order chi connectivity index (χ1) is 7.35. The quantitative estimate of drug-likeness (QED) is 0.692. The summed E-state index contributed by atoms with van der Waals surface area (Å²) in [6.45, 7) is 5.74. The molecule has 2 N–H and O–H groups in total. The molecule has 90 valence electrons. The second-order valence-corrected chi connectivity index (χ2v) is 4.16. The van der Waals surface area contributed by atoms with Gasteiger partial charge in [0.05, 0.1) is 6.54 Å². The van der Waals surface area contributed by atoms with Gasteiger partial charge in [0, 0.05) is 13.0 Å². The fourth-order valence-electron chi connectivity index (χ4n) is 0.830. The van der Waals surface area contributed by atoms with Gasteiger partial charge in [-0.2, -0.15) is 0 Å². The topological polar surface area (TPSA) is 67.4 Å². The van der Waals surface area contributed by atoms with Crippen LogP contribution in [0.3, 0.4) is 0 Å². The van der Waals surface area contributed by atoms with Crippen LogP contribution in [-0.4, -0.2) is 30.7 Å². The van der Waals surface area contributed by atoms with E-state index in [9.17, 15) is 9.59 Å². The second kappa shape index (κ2) is 6.72. The third kappa shape index (κ3) is 8.88. The highest BCUT2D eigenvalue weighted by Crippen LogP contribution is 2.06. The number of terminal acetylenes is 1. The Morgan fingerprint density at radius 1 is 1.31 bits per heavy atom. The molecule has 0 aliphatic heterocycles. The maximum Gasteiger partial charge on any atom is 0.407 e. The zero-order valence-corrected chi connectivity index (χ0v) is 9.92.